The summed E-state index contributed by atoms with van der Waals surface area (Å²) in [7, 11) is 1.33. The first-order valence-electron chi connectivity index (χ1n) is 8.57. The molecule has 5 N–H and O–H groups in total. The number of nitrogens with one attached hydrogen (secondary N) is 3. The van der Waals surface area contributed by atoms with Crippen LogP contribution in [0.2, 0.25) is 0 Å². The average Bonchev–Trinajstić information content (AvgIpc) is 2.58. The first-order chi connectivity index (χ1) is 12.0. The molecule has 7 heteroatoms. The number of methoxy groups -OCH3 is 1. The number of benzene rings is 1. The van der Waals surface area contributed by atoms with Gasteiger partial charge in [-0.2, -0.15) is 0 Å². The van der Waals surface area contributed by atoms with E-state index >= 15 is 0 Å². The topological polar surface area (TPSA) is 117 Å². The van der Waals surface area contributed by atoms with Gasteiger partial charge in [0.1, 0.15) is 0 Å². The molecular weight excluding hydrogens is 320 g/mol. The summed E-state index contributed by atoms with van der Waals surface area (Å²) in [5.41, 5.74) is 8.32. The number of hydrogen-bond donors (Lipinski definition) is 4. The third-order valence-electron chi connectivity index (χ3n) is 4.37. The molecule has 1 atom stereocenters. The van der Waals surface area contributed by atoms with Crippen molar-refractivity contribution in [1.29, 1.82) is 5.41 Å². The van der Waals surface area contributed by atoms with Crippen molar-refractivity contribution in [2.75, 3.05) is 19.0 Å². The molecule has 136 valence electrons. The molecule has 1 heterocycles. The largest absolute Gasteiger partial charge is 0.469 e. The van der Waals surface area contributed by atoms with Crippen LogP contribution in [0.5, 0.6) is 0 Å². The third kappa shape index (κ3) is 5.77. The van der Waals surface area contributed by atoms with Gasteiger partial charge in [0.05, 0.1) is 19.4 Å². The summed E-state index contributed by atoms with van der Waals surface area (Å²) in [5.74, 6) is -0.833. The summed E-state index contributed by atoms with van der Waals surface area (Å²) >= 11 is 0. The van der Waals surface area contributed by atoms with Crippen molar-refractivity contribution in [3.8, 4) is 0 Å². The highest BCUT2D eigenvalue weighted by molar-refractivity contribution is 5.97. The number of unbranched alkanes of at least 4 members (excludes halogenated alkanes) is 2. The molecule has 1 aliphatic heterocycles. The minimum atomic E-state index is -0.362. The van der Waals surface area contributed by atoms with Gasteiger partial charge in [0, 0.05) is 12.2 Å². The van der Waals surface area contributed by atoms with Gasteiger partial charge in [-0.05, 0) is 42.9 Å². The number of esters is 1. The van der Waals surface area contributed by atoms with E-state index in [1.165, 1.54) is 12.7 Å². The van der Waals surface area contributed by atoms with Gasteiger partial charge in [-0.25, -0.2) is 0 Å². The zero-order valence-corrected chi connectivity index (χ0v) is 14.6. The molecule has 1 aromatic rings. The molecular formula is C18H26N4O3. The molecule has 0 saturated carbocycles. The number of guanidine groups is 1. The highest BCUT2D eigenvalue weighted by Gasteiger charge is 2.28. The molecule has 7 nitrogen and oxygen atoms in total. The monoisotopic (exact) mass is 346 g/mol. The zero-order valence-electron chi connectivity index (χ0n) is 14.6. The van der Waals surface area contributed by atoms with Crippen LogP contribution >= 0.6 is 0 Å². The van der Waals surface area contributed by atoms with Crippen LogP contribution in [0.1, 0.15) is 36.8 Å². The van der Waals surface area contributed by atoms with E-state index in [4.69, 9.17) is 11.1 Å². The van der Waals surface area contributed by atoms with Crippen LogP contribution in [0.25, 0.3) is 0 Å². The Labute approximate surface area is 147 Å². The highest BCUT2D eigenvalue weighted by atomic mass is 16.5. The number of carbonyl (C=O) groups is 2. The quantitative estimate of drug-likeness (QED) is 0.247. The minimum Gasteiger partial charge on any atom is -0.469 e. The van der Waals surface area contributed by atoms with E-state index in [1.54, 1.807) is 0 Å². The molecule has 2 rings (SSSR count). The Kier molecular flexibility index (Phi) is 6.80. The Morgan fingerprint density at radius 3 is 2.92 bits per heavy atom. The van der Waals surface area contributed by atoms with Gasteiger partial charge >= 0.3 is 5.97 Å². The van der Waals surface area contributed by atoms with E-state index in [9.17, 15) is 9.59 Å². The van der Waals surface area contributed by atoms with E-state index in [0.717, 1.165) is 43.5 Å². The van der Waals surface area contributed by atoms with E-state index in [2.05, 4.69) is 21.4 Å². The van der Waals surface area contributed by atoms with Crippen molar-refractivity contribution in [2.45, 2.75) is 38.5 Å². The van der Waals surface area contributed by atoms with Gasteiger partial charge in [0.25, 0.3) is 0 Å². The second kappa shape index (κ2) is 9.05. The Morgan fingerprint density at radius 2 is 2.20 bits per heavy atom. The third-order valence-corrected chi connectivity index (χ3v) is 4.37. The molecule has 1 aliphatic rings. The van der Waals surface area contributed by atoms with Crippen molar-refractivity contribution in [1.82, 2.24) is 5.32 Å². The summed E-state index contributed by atoms with van der Waals surface area (Å²) in [6, 6.07) is 6.14. The van der Waals surface area contributed by atoms with E-state index in [-0.39, 0.29) is 30.2 Å². The maximum Gasteiger partial charge on any atom is 0.306 e. The lowest BCUT2D eigenvalue weighted by Crippen LogP contribution is -2.31. The van der Waals surface area contributed by atoms with Crippen molar-refractivity contribution in [3.63, 3.8) is 0 Å². The lowest BCUT2D eigenvalue weighted by Gasteiger charge is -2.24. The van der Waals surface area contributed by atoms with Gasteiger partial charge in [0.2, 0.25) is 5.91 Å². The van der Waals surface area contributed by atoms with Crippen LogP contribution in [0.4, 0.5) is 5.69 Å². The first-order valence-corrected chi connectivity index (χ1v) is 8.57. The summed E-state index contributed by atoms with van der Waals surface area (Å²) in [4.78, 5) is 23.6. The molecule has 0 radical (unpaired) electrons. The van der Waals surface area contributed by atoms with Crippen LogP contribution in [0.3, 0.4) is 0 Å². The first kappa shape index (κ1) is 18.8. The molecule has 0 fully saturated rings. The van der Waals surface area contributed by atoms with Crippen molar-refractivity contribution < 1.29 is 14.3 Å². The molecule has 0 spiro atoms. The van der Waals surface area contributed by atoms with E-state index < -0.39 is 0 Å². The molecule has 0 aromatic heterocycles. The normalized spacial score (nSPS) is 15.9. The van der Waals surface area contributed by atoms with Gasteiger partial charge < -0.3 is 21.1 Å². The number of rotatable bonds is 8. The highest BCUT2D eigenvalue weighted by Crippen LogP contribution is 2.28. The van der Waals surface area contributed by atoms with Crippen molar-refractivity contribution in [2.24, 2.45) is 11.7 Å². The minimum absolute atomic E-state index is 0.0101. The van der Waals surface area contributed by atoms with E-state index in [1.807, 2.05) is 12.1 Å². The van der Waals surface area contributed by atoms with Gasteiger partial charge in [-0.15, -0.1) is 0 Å². The average molecular weight is 346 g/mol. The molecule has 0 bridgehead atoms. The zero-order chi connectivity index (χ0) is 18.2. The van der Waals surface area contributed by atoms with Crippen LogP contribution in [0, 0.1) is 11.3 Å². The lowest BCUT2D eigenvalue weighted by molar-refractivity contribution is -0.143. The van der Waals surface area contributed by atoms with Crippen LogP contribution < -0.4 is 16.4 Å². The number of carbonyl (C=O) groups excluding carboxylic acids is 2. The fourth-order valence-electron chi connectivity index (χ4n) is 2.97. The Bertz CT molecular complexity index is 645. The number of aryl methyl sites for hydroxylation is 1. The van der Waals surface area contributed by atoms with Gasteiger partial charge in [0.15, 0.2) is 5.96 Å². The Morgan fingerprint density at radius 1 is 1.40 bits per heavy atom. The SMILES string of the molecule is COC(=O)CC1Cc2ccc(CCCCCNC(=N)N)cc2NC1=O. The smallest absolute Gasteiger partial charge is 0.306 e. The molecule has 1 amide bonds. The molecule has 25 heavy (non-hydrogen) atoms. The van der Waals surface area contributed by atoms with Crippen LogP contribution in [0.15, 0.2) is 18.2 Å². The summed E-state index contributed by atoms with van der Waals surface area (Å²) in [6.07, 6.45) is 4.67. The summed E-state index contributed by atoms with van der Waals surface area (Å²) in [6.45, 7) is 0.719. The van der Waals surface area contributed by atoms with Crippen LogP contribution in [-0.4, -0.2) is 31.5 Å². The standard InChI is InChI=1S/C18H26N4O3/c1-25-16(23)11-14-10-13-7-6-12(9-15(13)22-17(14)24)5-3-2-4-8-21-18(19)20/h6-7,9,14H,2-5,8,10-11H2,1H3,(H,22,24)(H4,19,20,21). The Hall–Kier alpha value is -2.57. The van der Waals surface area contributed by atoms with Gasteiger partial charge in [-0.3, -0.25) is 15.0 Å². The summed E-state index contributed by atoms with van der Waals surface area (Å²) in [5, 5.41) is 12.8. The molecule has 1 unspecified atom stereocenters. The van der Waals surface area contributed by atoms with Crippen molar-refractivity contribution in [3.05, 3.63) is 29.3 Å². The number of hydrogen-bond acceptors (Lipinski definition) is 4. The maximum absolute atomic E-state index is 12.2. The van der Waals surface area contributed by atoms with Crippen LogP contribution in [-0.2, 0) is 27.2 Å². The molecule has 1 aromatic carbocycles. The number of ether oxygens (including phenoxy) is 1. The molecule has 0 aliphatic carbocycles. The predicted molar refractivity (Wildman–Crippen MR) is 96.4 cm³/mol. The fraction of sp³-hybridized carbons (Fsp3) is 0.500. The number of anilines is 1. The summed E-state index contributed by atoms with van der Waals surface area (Å²) < 4.78 is 4.65. The number of amides is 1. The second-order valence-electron chi connectivity index (χ2n) is 6.31. The van der Waals surface area contributed by atoms with Gasteiger partial charge in [-0.1, -0.05) is 18.6 Å². The van der Waals surface area contributed by atoms with E-state index in [0.29, 0.717) is 6.42 Å². The van der Waals surface area contributed by atoms with Crippen molar-refractivity contribution >= 4 is 23.5 Å². The maximum atomic E-state index is 12.2. The number of fused-ring (bicyclic) bond motifs is 1. The molecule has 0 saturated heterocycles. The lowest BCUT2D eigenvalue weighted by atomic mass is 9.89. The Balaban J connectivity index is 1.84. The number of nitrogens with two attached hydrogens (primary N) is 1. The second-order valence-corrected chi connectivity index (χ2v) is 6.31. The predicted octanol–water partition coefficient (Wildman–Crippen LogP) is 1.56. The fourth-order valence-corrected chi connectivity index (χ4v) is 2.97.